The number of aryl methyl sites for hydroxylation is 2. The molecule has 0 bridgehead atoms. The highest BCUT2D eigenvalue weighted by molar-refractivity contribution is 5.27. The Bertz CT molecular complexity index is 487. The molecule has 0 fully saturated rings. The van der Waals surface area contributed by atoms with Crippen molar-refractivity contribution in [2.75, 3.05) is 7.05 Å². The molecular weight excluding hydrogens is 226 g/mol. The van der Waals surface area contributed by atoms with Gasteiger partial charge in [-0.1, -0.05) is 13.8 Å². The average Bonchev–Trinajstić information content (AvgIpc) is 3.01. The second kappa shape index (κ2) is 5.87. The van der Waals surface area contributed by atoms with E-state index in [1.54, 1.807) is 6.26 Å². The largest absolute Gasteiger partial charge is 0.469 e. The highest BCUT2D eigenvalue weighted by Gasteiger charge is 2.21. The molecule has 1 N–H and O–H groups in total. The van der Waals surface area contributed by atoms with Gasteiger partial charge in [0, 0.05) is 30.9 Å². The summed E-state index contributed by atoms with van der Waals surface area (Å²) in [5.74, 6) is 2.08. The van der Waals surface area contributed by atoms with Crippen LogP contribution >= 0.6 is 0 Å². The molecule has 0 aliphatic heterocycles. The minimum Gasteiger partial charge on any atom is -0.469 e. The van der Waals surface area contributed by atoms with Gasteiger partial charge in [0.15, 0.2) is 0 Å². The minimum atomic E-state index is 0.0975. The van der Waals surface area contributed by atoms with Crippen molar-refractivity contribution >= 4 is 0 Å². The van der Waals surface area contributed by atoms with Gasteiger partial charge in [0.2, 0.25) is 0 Å². The van der Waals surface area contributed by atoms with Crippen LogP contribution in [0.15, 0.2) is 29.1 Å². The van der Waals surface area contributed by atoms with E-state index in [-0.39, 0.29) is 6.04 Å². The Morgan fingerprint density at radius 3 is 2.94 bits per heavy atom. The van der Waals surface area contributed by atoms with Crippen LogP contribution in [-0.4, -0.2) is 16.6 Å². The maximum atomic E-state index is 5.52. The minimum absolute atomic E-state index is 0.0975. The highest BCUT2D eigenvalue weighted by atomic mass is 16.3. The van der Waals surface area contributed by atoms with Crippen molar-refractivity contribution in [2.45, 2.75) is 39.3 Å². The number of hydrogen-bond donors (Lipinski definition) is 1. The first kappa shape index (κ1) is 12.9. The second-order valence-corrected chi connectivity index (χ2v) is 4.35. The summed E-state index contributed by atoms with van der Waals surface area (Å²) < 4.78 is 7.72. The summed E-state index contributed by atoms with van der Waals surface area (Å²) in [6.45, 7) is 5.27. The van der Waals surface area contributed by atoms with E-state index in [1.165, 1.54) is 5.56 Å². The predicted molar refractivity (Wildman–Crippen MR) is 71.5 cm³/mol. The zero-order valence-corrected chi connectivity index (χ0v) is 11.3. The van der Waals surface area contributed by atoms with Crippen molar-refractivity contribution in [3.05, 3.63) is 41.9 Å². The third-order valence-electron chi connectivity index (χ3n) is 3.17. The van der Waals surface area contributed by atoms with Gasteiger partial charge in [0.1, 0.15) is 11.6 Å². The van der Waals surface area contributed by atoms with Gasteiger partial charge in [0.25, 0.3) is 0 Å². The van der Waals surface area contributed by atoms with E-state index in [4.69, 9.17) is 4.42 Å². The summed E-state index contributed by atoms with van der Waals surface area (Å²) in [5.41, 5.74) is 1.18. The lowest BCUT2D eigenvalue weighted by molar-refractivity contribution is 0.497. The second-order valence-electron chi connectivity index (χ2n) is 4.35. The van der Waals surface area contributed by atoms with E-state index in [2.05, 4.69) is 28.7 Å². The summed E-state index contributed by atoms with van der Waals surface area (Å²) in [4.78, 5) is 4.50. The molecule has 0 aromatic carbocycles. The summed E-state index contributed by atoms with van der Waals surface area (Å²) in [6.07, 6.45) is 7.66. The zero-order valence-electron chi connectivity index (χ0n) is 11.3. The Kier molecular flexibility index (Phi) is 4.20. The van der Waals surface area contributed by atoms with Crippen molar-refractivity contribution in [3.8, 4) is 0 Å². The van der Waals surface area contributed by atoms with Crippen molar-refractivity contribution < 1.29 is 4.42 Å². The molecule has 2 rings (SSSR count). The first-order valence-electron chi connectivity index (χ1n) is 6.56. The fourth-order valence-corrected chi connectivity index (χ4v) is 2.33. The lowest BCUT2D eigenvalue weighted by atomic mass is 10.1. The molecule has 2 heterocycles. The molecule has 0 spiro atoms. The van der Waals surface area contributed by atoms with E-state index < -0.39 is 0 Å². The van der Waals surface area contributed by atoms with Crippen molar-refractivity contribution in [1.29, 1.82) is 0 Å². The molecule has 4 heteroatoms. The van der Waals surface area contributed by atoms with Crippen LogP contribution in [0.4, 0.5) is 0 Å². The van der Waals surface area contributed by atoms with Crippen molar-refractivity contribution in [2.24, 2.45) is 0 Å². The smallest absolute Gasteiger partial charge is 0.130 e. The molecule has 0 saturated carbocycles. The average molecular weight is 247 g/mol. The topological polar surface area (TPSA) is 43.0 Å². The Hall–Kier alpha value is -1.55. The van der Waals surface area contributed by atoms with Gasteiger partial charge < -0.3 is 14.3 Å². The standard InChI is InChI=1S/C14H21N3O/c1-4-8-17-9-7-16-14(17)13(15-3)11-6-10-18-12(11)5-2/h6-7,9-10,13,15H,4-5,8H2,1-3H3. The normalized spacial score (nSPS) is 12.8. The fraction of sp³-hybridized carbons (Fsp3) is 0.500. The van der Waals surface area contributed by atoms with Crippen LogP contribution < -0.4 is 5.32 Å². The van der Waals surface area contributed by atoms with Gasteiger partial charge >= 0.3 is 0 Å². The van der Waals surface area contributed by atoms with E-state index in [1.807, 2.05) is 25.5 Å². The number of hydrogen-bond acceptors (Lipinski definition) is 3. The molecule has 0 aliphatic rings. The Morgan fingerprint density at radius 2 is 2.28 bits per heavy atom. The van der Waals surface area contributed by atoms with Gasteiger partial charge in [-0.05, 0) is 19.5 Å². The van der Waals surface area contributed by atoms with Gasteiger partial charge in [-0.15, -0.1) is 0 Å². The van der Waals surface area contributed by atoms with E-state index in [0.717, 1.165) is 31.0 Å². The van der Waals surface area contributed by atoms with Gasteiger partial charge in [0.05, 0.1) is 12.3 Å². The Morgan fingerprint density at radius 1 is 1.44 bits per heavy atom. The first-order chi connectivity index (χ1) is 8.81. The molecule has 4 nitrogen and oxygen atoms in total. The van der Waals surface area contributed by atoms with Gasteiger partial charge in [-0.25, -0.2) is 4.98 Å². The summed E-state index contributed by atoms with van der Waals surface area (Å²) >= 11 is 0. The van der Waals surface area contributed by atoms with Crippen molar-refractivity contribution in [1.82, 2.24) is 14.9 Å². The van der Waals surface area contributed by atoms with Crippen LogP contribution in [0, 0.1) is 0 Å². The highest BCUT2D eigenvalue weighted by Crippen LogP contribution is 2.25. The summed E-state index contributed by atoms with van der Waals surface area (Å²) in [6, 6.07) is 2.13. The first-order valence-corrected chi connectivity index (χ1v) is 6.56. The summed E-state index contributed by atoms with van der Waals surface area (Å²) in [5, 5.41) is 3.34. The van der Waals surface area contributed by atoms with Crippen LogP contribution in [0.1, 0.15) is 43.5 Å². The SMILES string of the molecule is CCCn1ccnc1C(NC)c1ccoc1CC. The van der Waals surface area contributed by atoms with E-state index >= 15 is 0 Å². The third kappa shape index (κ3) is 2.34. The molecule has 0 amide bonds. The summed E-state index contributed by atoms with van der Waals surface area (Å²) in [7, 11) is 1.96. The number of furan rings is 1. The maximum absolute atomic E-state index is 5.52. The van der Waals surface area contributed by atoms with Crippen LogP contribution in [0.5, 0.6) is 0 Å². The zero-order chi connectivity index (χ0) is 13.0. The molecule has 1 atom stereocenters. The van der Waals surface area contributed by atoms with Gasteiger partial charge in [-0.2, -0.15) is 0 Å². The molecule has 0 aliphatic carbocycles. The number of rotatable bonds is 6. The lowest BCUT2D eigenvalue weighted by Crippen LogP contribution is -2.22. The molecule has 2 aromatic rings. The molecule has 1 unspecified atom stereocenters. The van der Waals surface area contributed by atoms with E-state index in [9.17, 15) is 0 Å². The molecule has 0 radical (unpaired) electrons. The molecular formula is C14H21N3O. The van der Waals surface area contributed by atoms with Crippen LogP contribution in [0.25, 0.3) is 0 Å². The fourth-order valence-electron chi connectivity index (χ4n) is 2.33. The predicted octanol–water partition coefficient (Wildman–Crippen LogP) is 2.76. The Balaban J connectivity index is 2.36. The quantitative estimate of drug-likeness (QED) is 0.853. The van der Waals surface area contributed by atoms with E-state index in [0.29, 0.717) is 0 Å². The third-order valence-corrected chi connectivity index (χ3v) is 3.17. The van der Waals surface area contributed by atoms with Crippen LogP contribution in [0.2, 0.25) is 0 Å². The monoisotopic (exact) mass is 247 g/mol. The number of imidazole rings is 1. The maximum Gasteiger partial charge on any atom is 0.130 e. The molecule has 98 valence electrons. The van der Waals surface area contributed by atoms with Crippen molar-refractivity contribution in [3.63, 3.8) is 0 Å². The molecule has 2 aromatic heterocycles. The number of aromatic nitrogens is 2. The van der Waals surface area contributed by atoms with Crippen LogP contribution in [0.3, 0.4) is 0 Å². The molecule has 0 saturated heterocycles. The molecule has 18 heavy (non-hydrogen) atoms. The number of nitrogens with zero attached hydrogens (tertiary/aromatic N) is 2. The van der Waals surface area contributed by atoms with Gasteiger partial charge in [-0.3, -0.25) is 0 Å². The number of nitrogens with one attached hydrogen (secondary N) is 1. The lowest BCUT2D eigenvalue weighted by Gasteiger charge is -2.17. The van der Waals surface area contributed by atoms with Crippen LogP contribution in [-0.2, 0) is 13.0 Å². The Labute approximate surface area is 108 Å².